The SMILES string of the molecule is CC/[C]=N\OCc1ccc(F)cc1. The second-order valence-electron chi connectivity index (χ2n) is 2.50. The summed E-state index contributed by atoms with van der Waals surface area (Å²) in [5.74, 6) is -0.243. The van der Waals surface area contributed by atoms with Gasteiger partial charge in [0.05, 0.1) is 0 Å². The smallest absolute Gasteiger partial charge is 0.142 e. The van der Waals surface area contributed by atoms with Crippen molar-refractivity contribution < 1.29 is 9.23 Å². The summed E-state index contributed by atoms with van der Waals surface area (Å²) < 4.78 is 12.5. The van der Waals surface area contributed by atoms with E-state index in [-0.39, 0.29) is 5.82 Å². The van der Waals surface area contributed by atoms with E-state index >= 15 is 0 Å². The molecule has 0 aliphatic heterocycles. The Bertz CT molecular complexity index is 269. The molecule has 1 aromatic carbocycles. The lowest BCUT2D eigenvalue weighted by Crippen LogP contribution is -1.87. The first-order valence-corrected chi connectivity index (χ1v) is 4.12. The van der Waals surface area contributed by atoms with Crippen molar-refractivity contribution in [3.05, 3.63) is 35.6 Å². The molecule has 69 valence electrons. The minimum atomic E-state index is -0.243. The molecule has 0 heterocycles. The van der Waals surface area contributed by atoms with E-state index in [0.717, 1.165) is 12.0 Å². The maximum absolute atomic E-state index is 12.5. The Morgan fingerprint density at radius 2 is 2.08 bits per heavy atom. The predicted octanol–water partition coefficient (Wildman–Crippen LogP) is 2.62. The molecule has 0 aliphatic carbocycles. The topological polar surface area (TPSA) is 21.6 Å². The summed E-state index contributed by atoms with van der Waals surface area (Å²) in [7, 11) is 0. The highest BCUT2D eigenvalue weighted by atomic mass is 19.1. The van der Waals surface area contributed by atoms with Gasteiger partial charge in [-0.25, -0.2) is 4.39 Å². The van der Waals surface area contributed by atoms with Crippen LogP contribution in [0, 0.1) is 5.82 Å². The molecule has 0 spiro atoms. The summed E-state index contributed by atoms with van der Waals surface area (Å²) in [6.07, 6.45) is 3.38. The van der Waals surface area contributed by atoms with Gasteiger partial charge in [0.2, 0.25) is 0 Å². The average Bonchev–Trinajstić information content (AvgIpc) is 2.15. The van der Waals surface area contributed by atoms with E-state index in [1.165, 1.54) is 12.1 Å². The van der Waals surface area contributed by atoms with Crippen LogP contribution in [0.15, 0.2) is 29.4 Å². The van der Waals surface area contributed by atoms with Crippen LogP contribution in [-0.2, 0) is 11.4 Å². The van der Waals surface area contributed by atoms with Gasteiger partial charge in [0.25, 0.3) is 0 Å². The van der Waals surface area contributed by atoms with Crippen LogP contribution in [0.4, 0.5) is 4.39 Å². The van der Waals surface area contributed by atoms with Crippen molar-refractivity contribution in [3.8, 4) is 0 Å². The summed E-state index contributed by atoms with van der Waals surface area (Å²) in [4.78, 5) is 4.89. The molecule has 0 aliphatic rings. The van der Waals surface area contributed by atoms with E-state index in [1.807, 2.05) is 6.92 Å². The zero-order valence-corrected chi connectivity index (χ0v) is 7.46. The van der Waals surface area contributed by atoms with Gasteiger partial charge in [0, 0.05) is 0 Å². The molecule has 0 atom stereocenters. The van der Waals surface area contributed by atoms with Crippen LogP contribution in [0.5, 0.6) is 0 Å². The summed E-state index contributed by atoms with van der Waals surface area (Å²) in [5.41, 5.74) is 0.892. The lowest BCUT2D eigenvalue weighted by atomic mass is 10.2. The zero-order chi connectivity index (χ0) is 9.52. The van der Waals surface area contributed by atoms with Crippen molar-refractivity contribution in [3.63, 3.8) is 0 Å². The quantitative estimate of drug-likeness (QED) is 0.515. The minimum Gasteiger partial charge on any atom is -0.391 e. The van der Waals surface area contributed by atoms with Crippen LogP contribution in [0.1, 0.15) is 18.9 Å². The van der Waals surface area contributed by atoms with Crippen molar-refractivity contribution >= 4 is 6.21 Å². The maximum Gasteiger partial charge on any atom is 0.142 e. The number of halogens is 1. The lowest BCUT2D eigenvalue weighted by Gasteiger charge is -1.98. The van der Waals surface area contributed by atoms with Crippen LogP contribution < -0.4 is 0 Å². The maximum atomic E-state index is 12.5. The molecule has 0 saturated carbocycles. The Balaban J connectivity index is 2.37. The van der Waals surface area contributed by atoms with Gasteiger partial charge < -0.3 is 4.84 Å². The van der Waals surface area contributed by atoms with Crippen molar-refractivity contribution in [2.45, 2.75) is 20.0 Å². The molecule has 2 nitrogen and oxygen atoms in total. The molecule has 1 rings (SSSR count). The van der Waals surface area contributed by atoms with Crippen LogP contribution in [0.3, 0.4) is 0 Å². The number of nitrogens with zero attached hydrogens (tertiary/aromatic N) is 1. The summed E-state index contributed by atoms with van der Waals surface area (Å²) in [6.45, 7) is 2.28. The largest absolute Gasteiger partial charge is 0.391 e. The number of benzene rings is 1. The number of rotatable bonds is 4. The van der Waals surface area contributed by atoms with Gasteiger partial charge in [-0.15, -0.1) is 0 Å². The summed E-state index contributed by atoms with van der Waals surface area (Å²) in [6, 6.07) is 6.12. The summed E-state index contributed by atoms with van der Waals surface area (Å²) in [5, 5.41) is 3.56. The highest BCUT2D eigenvalue weighted by Gasteiger charge is 1.92. The van der Waals surface area contributed by atoms with E-state index in [0.29, 0.717) is 6.61 Å². The molecule has 1 radical (unpaired) electrons. The molecule has 0 amide bonds. The van der Waals surface area contributed by atoms with Gasteiger partial charge in [-0.3, -0.25) is 0 Å². The van der Waals surface area contributed by atoms with Crippen LogP contribution in [0.25, 0.3) is 0 Å². The highest BCUT2D eigenvalue weighted by molar-refractivity contribution is 5.55. The Morgan fingerprint density at radius 1 is 1.38 bits per heavy atom. The zero-order valence-electron chi connectivity index (χ0n) is 7.46. The number of hydrogen-bond acceptors (Lipinski definition) is 2. The fraction of sp³-hybridized carbons (Fsp3) is 0.300. The van der Waals surface area contributed by atoms with E-state index in [4.69, 9.17) is 4.84 Å². The van der Waals surface area contributed by atoms with Crippen LogP contribution >= 0.6 is 0 Å². The molecular weight excluding hydrogens is 169 g/mol. The molecular formula is C10H11FNO. The van der Waals surface area contributed by atoms with Crippen LogP contribution in [0.2, 0.25) is 0 Å². The predicted molar refractivity (Wildman–Crippen MR) is 48.9 cm³/mol. The first kappa shape index (κ1) is 9.71. The van der Waals surface area contributed by atoms with Crippen molar-refractivity contribution in [2.75, 3.05) is 0 Å². The van der Waals surface area contributed by atoms with Crippen molar-refractivity contribution in [2.24, 2.45) is 5.16 Å². The number of hydrogen-bond donors (Lipinski definition) is 0. The Kier molecular flexibility index (Phi) is 3.96. The standard InChI is InChI=1S/C10H11FNO/c1-2-7-12-13-8-9-3-5-10(11)6-4-9/h3-6H,2,8H2,1H3. The lowest BCUT2D eigenvalue weighted by molar-refractivity contribution is 0.131. The van der Waals surface area contributed by atoms with Gasteiger partial charge in [0.15, 0.2) is 0 Å². The highest BCUT2D eigenvalue weighted by Crippen LogP contribution is 2.03. The third-order valence-corrected chi connectivity index (χ3v) is 1.43. The van der Waals surface area contributed by atoms with E-state index in [9.17, 15) is 4.39 Å². The van der Waals surface area contributed by atoms with E-state index in [1.54, 1.807) is 12.1 Å². The first-order valence-electron chi connectivity index (χ1n) is 4.12. The third-order valence-electron chi connectivity index (χ3n) is 1.43. The Hall–Kier alpha value is -1.38. The molecule has 3 heteroatoms. The Labute approximate surface area is 77.0 Å². The van der Waals surface area contributed by atoms with E-state index in [2.05, 4.69) is 11.4 Å². The molecule has 0 fully saturated rings. The molecule has 0 N–H and O–H groups in total. The second kappa shape index (κ2) is 5.30. The summed E-state index contributed by atoms with van der Waals surface area (Å²) >= 11 is 0. The average molecular weight is 180 g/mol. The van der Waals surface area contributed by atoms with Crippen LogP contribution in [-0.4, -0.2) is 6.21 Å². The van der Waals surface area contributed by atoms with E-state index < -0.39 is 0 Å². The fourth-order valence-electron chi connectivity index (χ4n) is 0.798. The third kappa shape index (κ3) is 3.69. The molecule has 0 saturated heterocycles. The van der Waals surface area contributed by atoms with Gasteiger partial charge in [-0.1, -0.05) is 24.2 Å². The van der Waals surface area contributed by atoms with Crippen molar-refractivity contribution in [1.82, 2.24) is 0 Å². The molecule has 0 unspecified atom stereocenters. The molecule has 0 aromatic heterocycles. The Morgan fingerprint density at radius 3 is 2.69 bits per heavy atom. The molecule has 1 aromatic rings. The second-order valence-corrected chi connectivity index (χ2v) is 2.50. The monoisotopic (exact) mass is 180 g/mol. The van der Waals surface area contributed by atoms with Gasteiger partial charge in [0.1, 0.15) is 18.6 Å². The minimum absolute atomic E-state index is 0.243. The van der Waals surface area contributed by atoms with Gasteiger partial charge in [-0.2, -0.15) is 0 Å². The fourth-order valence-corrected chi connectivity index (χ4v) is 0.798. The normalized spacial score (nSPS) is 10.6. The van der Waals surface area contributed by atoms with Crippen molar-refractivity contribution in [1.29, 1.82) is 0 Å². The van der Waals surface area contributed by atoms with Gasteiger partial charge >= 0.3 is 0 Å². The molecule has 13 heavy (non-hydrogen) atoms. The first-order chi connectivity index (χ1) is 6.33. The molecule has 0 bridgehead atoms. The van der Waals surface area contributed by atoms with Gasteiger partial charge in [-0.05, 0) is 24.1 Å².